The summed E-state index contributed by atoms with van der Waals surface area (Å²) in [5.74, 6) is -0.941. The van der Waals surface area contributed by atoms with Crippen molar-refractivity contribution in [2.24, 2.45) is 0 Å². The van der Waals surface area contributed by atoms with Crippen molar-refractivity contribution in [2.45, 2.75) is 11.8 Å². The molecule has 0 aliphatic heterocycles. The monoisotopic (exact) mass is 411 g/mol. The van der Waals surface area contributed by atoms with Crippen LogP contribution in [0.3, 0.4) is 0 Å². The molecule has 0 unspecified atom stereocenters. The van der Waals surface area contributed by atoms with Crippen molar-refractivity contribution < 1.29 is 27.5 Å². The largest absolute Gasteiger partial charge is 0.495 e. The Balaban J connectivity index is 1.88. The number of hydrogen-bond donors (Lipinski definition) is 1. The van der Waals surface area contributed by atoms with Crippen LogP contribution in [0.5, 0.6) is 5.75 Å². The third-order valence-electron chi connectivity index (χ3n) is 3.58. The lowest BCUT2D eigenvalue weighted by Crippen LogP contribution is -2.31. The van der Waals surface area contributed by atoms with Crippen molar-refractivity contribution in [3.8, 4) is 5.75 Å². The Morgan fingerprint density at radius 1 is 1.11 bits per heavy atom. The smallest absolute Gasteiger partial charge is 0.321 e. The molecule has 1 N–H and O–H groups in total. The number of benzene rings is 2. The van der Waals surface area contributed by atoms with E-state index in [1.54, 1.807) is 12.1 Å². The topological polar surface area (TPSA) is 98.8 Å². The molecule has 0 bridgehead atoms. The summed E-state index contributed by atoms with van der Waals surface area (Å²) >= 11 is 5.94. The quantitative estimate of drug-likeness (QED) is 0.529. The average Bonchev–Trinajstić information content (AvgIpc) is 2.64. The first-order chi connectivity index (χ1) is 12.7. The van der Waals surface area contributed by atoms with Crippen molar-refractivity contribution in [2.75, 3.05) is 20.3 Å². The number of nitrogens with one attached hydrogen (secondary N) is 1. The van der Waals surface area contributed by atoms with Crippen LogP contribution in [0.1, 0.15) is 15.9 Å². The predicted molar refractivity (Wildman–Crippen MR) is 99.7 cm³/mol. The Morgan fingerprint density at radius 3 is 2.37 bits per heavy atom. The molecule has 0 amide bonds. The van der Waals surface area contributed by atoms with Gasteiger partial charge in [0, 0.05) is 5.56 Å². The van der Waals surface area contributed by atoms with E-state index >= 15 is 0 Å². The summed E-state index contributed by atoms with van der Waals surface area (Å²) in [6.07, 6.45) is 0. The van der Waals surface area contributed by atoms with Crippen LogP contribution in [0.25, 0.3) is 0 Å². The first-order valence-electron chi connectivity index (χ1n) is 7.81. The Labute approximate surface area is 162 Å². The normalized spacial score (nSPS) is 11.1. The van der Waals surface area contributed by atoms with Crippen LogP contribution in [0.4, 0.5) is 0 Å². The second-order valence-electron chi connectivity index (χ2n) is 5.57. The van der Waals surface area contributed by atoms with Crippen molar-refractivity contribution in [3.63, 3.8) is 0 Å². The summed E-state index contributed by atoms with van der Waals surface area (Å²) in [6.45, 7) is 0.703. The van der Waals surface area contributed by atoms with E-state index in [2.05, 4.69) is 4.72 Å². The number of ether oxygens (including phenoxy) is 2. The van der Waals surface area contributed by atoms with E-state index in [0.717, 1.165) is 5.56 Å². The van der Waals surface area contributed by atoms with E-state index in [9.17, 15) is 18.0 Å². The highest BCUT2D eigenvalue weighted by atomic mass is 35.5. The standard InChI is InChI=1S/C18H18ClNO6S/c1-12-3-6-14(7-4-12)27(23,24)20-10-18(22)26-11-16(21)13-5-8-17(25-2)15(19)9-13/h3-9,20H,10-11H2,1-2H3. The maximum Gasteiger partial charge on any atom is 0.321 e. The molecule has 0 aromatic heterocycles. The number of Topliss-reactive ketones (excluding diaryl/α,β-unsaturated/α-hetero) is 1. The molecule has 0 aliphatic carbocycles. The predicted octanol–water partition coefficient (Wildman–Crippen LogP) is 2.36. The van der Waals surface area contributed by atoms with Crippen LogP contribution < -0.4 is 9.46 Å². The zero-order chi connectivity index (χ0) is 20.0. The van der Waals surface area contributed by atoms with E-state index in [-0.39, 0.29) is 15.5 Å². The molecular weight excluding hydrogens is 394 g/mol. The Kier molecular flexibility index (Phi) is 6.95. The zero-order valence-electron chi connectivity index (χ0n) is 14.7. The van der Waals surface area contributed by atoms with E-state index in [0.29, 0.717) is 5.75 Å². The Morgan fingerprint density at radius 2 is 1.78 bits per heavy atom. The molecule has 7 nitrogen and oxygen atoms in total. The van der Waals surface area contributed by atoms with Crippen molar-refractivity contribution >= 4 is 33.4 Å². The summed E-state index contributed by atoms with van der Waals surface area (Å²) in [5.41, 5.74) is 1.15. The minimum Gasteiger partial charge on any atom is -0.495 e. The molecule has 27 heavy (non-hydrogen) atoms. The van der Waals surface area contributed by atoms with Gasteiger partial charge in [0.05, 0.1) is 17.0 Å². The molecule has 0 aliphatic rings. The highest BCUT2D eigenvalue weighted by molar-refractivity contribution is 7.89. The molecule has 2 aromatic rings. The molecule has 0 radical (unpaired) electrons. The molecule has 0 saturated heterocycles. The second-order valence-corrected chi connectivity index (χ2v) is 7.74. The number of esters is 1. The molecule has 9 heteroatoms. The van der Waals surface area contributed by atoms with E-state index < -0.39 is 34.9 Å². The number of methoxy groups -OCH3 is 1. The summed E-state index contributed by atoms with van der Waals surface area (Å²) in [4.78, 5) is 23.8. The number of aryl methyl sites for hydroxylation is 1. The molecule has 0 atom stereocenters. The Hall–Kier alpha value is -2.42. The molecule has 0 spiro atoms. The lowest BCUT2D eigenvalue weighted by atomic mass is 10.1. The van der Waals surface area contributed by atoms with Gasteiger partial charge in [-0.05, 0) is 37.3 Å². The second kappa shape index (κ2) is 8.98. The summed E-state index contributed by atoms with van der Waals surface area (Å²) in [6, 6.07) is 10.6. The van der Waals surface area contributed by atoms with Crippen LogP contribution in [-0.2, 0) is 19.6 Å². The Bertz CT molecular complexity index is 941. The van der Waals surface area contributed by atoms with Crippen LogP contribution in [-0.4, -0.2) is 40.4 Å². The average molecular weight is 412 g/mol. The minimum atomic E-state index is -3.84. The first-order valence-corrected chi connectivity index (χ1v) is 9.68. The SMILES string of the molecule is COc1ccc(C(=O)COC(=O)CNS(=O)(=O)c2ccc(C)cc2)cc1Cl. The molecule has 2 aromatic carbocycles. The fourth-order valence-corrected chi connectivity index (χ4v) is 3.30. The van der Waals surface area contributed by atoms with Crippen molar-refractivity contribution in [1.82, 2.24) is 4.72 Å². The number of carbonyl (C=O) groups is 2. The molecule has 144 valence electrons. The van der Waals surface area contributed by atoms with Gasteiger partial charge in [-0.2, -0.15) is 4.72 Å². The van der Waals surface area contributed by atoms with Gasteiger partial charge >= 0.3 is 5.97 Å². The maximum absolute atomic E-state index is 12.1. The number of sulfonamides is 1. The minimum absolute atomic E-state index is 0.0323. The highest BCUT2D eigenvalue weighted by Crippen LogP contribution is 2.25. The lowest BCUT2D eigenvalue weighted by molar-refractivity contribution is -0.141. The number of rotatable bonds is 8. The van der Waals surface area contributed by atoms with Crippen molar-refractivity contribution in [1.29, 1.82) is 0 Å². The number of halogens is 1. The van der Waals surface area contributed by atoms with Gasteiger partial charge in [-0.15, -0.1) is 0 Å². The van der Waals surface area contributed by atoms with Gasteiger partial charge in [0.1, 0.15) is 12.3 Å². The first kappa shape index (κ1) is 20.9. The van der Waals surface area contributed by atoms with Gasteiger partial charge in [0.2, 0.25) is 10.0 Å². The van der Waals surface area contributed by atoms with Gasteiger partial charge in [-0.1, -0.05) is 29.3 Å². The third kappa shape index (κ3) is 5.78. The third-order valence-corrected chi connectivity index (χ3v) is 5.29. The van der Waals surface area contributed by atoms with Crippen LogP contribution >= 0.6 is 11.6 Å². The summed E-state index contributed by atoms with van der Waals surface area (Å²) in [7, 11) is -2.40. The summed E-state index contributed by atoms with van der Waals surface area (Å²) < 4.78 is 36.1. The summed E-state index contributed by atoms with van der Waals surface area (Å²) in [5, 5.41) is 0.250. The van der Waals surface area contributed by atoms with Crippen LogP contribution in [0.15, 0.2) is 47.4 Å². The van der Waals surface area contributed by atoms with E-state index in [1.165, 1.54) is 37.4 Å². The van der Waals surface area contributed by atoms with Crippen LogP contribution in [0.2, 0.25) is 5.02 Å². The number of hydrogen-bond acceptors (Lipinski definition) is 6. The fraction of sp³-hybridized carbons (Fsp3) is 0.222. The van der Waals surface area contributed by atoms with Crippen LogP contribution in [0, 0.1) is 6.92 Å². The fourth-order valence-electron chi connectivity index (χ4n) is 2.07. The van der Waals surface area contributed by atoms with Crippen molar-refractivity contribution in [3.05, 3.63) is 58.6 Å². The lowest BCUT2D eigenvalue weighted by Gasteiger charge is -2.08. The zero-order valence-corrected chi connectivity index (χ0v) is 16.3. The molecule has 0 fully saturated rings. The van der Waals surface area contributed by atoms with Gasteiger partial charge in [-0.3, -0.25) is 9.59 Å². The highest BCUT2D eigenvalue weighted by Gasteiger charge is 2.17. The van der Waals surface area contributed by atoms with Gasteiger partial charge in [0.25, 0.3) is 0 Å². The van der Waals surface area contributed by atoms with E-state index in [4.69, 9.17) is 21.1 Å². The number of ketones is 1. The van der Waals surface area contributed by atoms with Gasteiger partial charge in [0.15, 0.2) is 12.4 Å². The maximum atomic E-state index is 12.1. The molecule has 2 rings (SSSR count). The van der Waals surface area contributed by atoms with Gasteiger partial charge < -0.3 is 9.47 Å². The number of carbonyl (C=O) groups excluding carboxylic acids is 2. The van der Waals surface area contributed by atoms with E-state index in [1.807, 2.05) is 6.92 Å². The molecule has 0 heterocycles. The van der Waals surface area contributed by atoms with Gasteiger partial charge in [-0.25, -0.2) is 8.42 Å². The molecule has 0 saturated carbocycles. The molecular formula is C18H18ClNO6S.